The van der Waals surface area contributed by atoms with E-state index in [1.165, 1.54) is 12.1 Å². The molecule has 84 valence electrons. The maximum absolute atomic E-state index is 13.3. The molecule has 3 nitrogen and oxygen atoms in total. The van der Waals surface area contributed by atoms with E-state index in [-0.39, 0.29) is 17.3 Å². The summed E-state index contributed by atoms with van der Waals surface area (Å²) in [5, 5.41) is 11.7. The molecule has 1 aromatic rings. The number of benzene rings is 1. The van der Waals surface area contributed by atoms with Crippen LogP contribution in [0.3, 0.4) is 0 Å². The SMILES string of the molecule is C#CC(CC)Nc1cccc(F)c1C(=O)O. The summed E-state index contributed by atoms with van der Waals surface area (Å²) in [6.07, 6.45) is 5.87. The van der Waals surface area contributed by atoms with Crippen molar-refractivity contribution in [1.82, 2.24) is 0 Å². The summed E-state index contributed by atoms with van der Waals surface area (Å²) < 4.78 is 13.3. The van der Waals surface area contributed by atoms with E-state index in [0.29, 0.717) is 6.42 Å². The van der Waals surface area contributed by atoms with Gasteiger partial charge in [-0.2, -0.15) is 0 Å². The minimum atomic E-state index is -1.31. The van der Waals surface area contributed by atoms with Crippen molar-refractivity contribution in [1.29, 1.82) is 0 Å². The average Bonchev–Trinajstić information content (AvgIpc) is 2.25. The molecule has 0 radical (unpaired) electrons. The van der Waals surface area contributed by atoms with E-state index in [1.54, 1.807) is 0 Å². The molecule has 4 heteroatoms. The minimum Gasteiger partial charge on any atom is -0.478 e. The van der Waals surface area contributed by atoms with Gasteiger partial charge in [0.2, 0.25) is 0 Å². The molecule has 0 fully saturated rings. The molecular weight excluding hydrogens is 209 g/mol. The second-order valence-electron chi connectivity index (χ2n) is 3.24. The van der Waals surface area contributed by atoms with Crippen molar-refractivity contribution in [3.8, 4) is 12.3 Å². The lowest BCUT2D eigenvalue weighted by Gasteiger charge is -2.14. The first-order valence-electron chi connectivity index (χ1n) is 4.84. The molecule has 0 aliphatic heterocycles. The average molecular weight is 221 g/mol. The van der Waals surface area contributed by atoms with Gasteiger partial charge in [0.25, 0.3) is 0 Å². The second kappa shape index (κ2) is 5.17. The Hall–Kier alpha value is -2.02. The van der Waals surface area contributed by atoms with Crippen LogP contribution in [-0.2, 0) is 0 Å². The third kappa shape index (κ3) is 2.51. The van der Waals surface area contributed by atoms with Gasteiger partial charge in [-0.15, -0.1) is 6.42 Å². The highest BCUT2D eigenvalue weighted by Gasteiger charge is 2.16. The molecule has 1 rings (SSSR count). The Kier molecular flexibility index (Phi) is 3.90. The van der Waals surface area contributed by atoms with Gasteiger partial charge in [-0.3, -0.25) is 0 Å². The fraction of sp³-hybridized carbons (Fsp3) is 0.250. The summed E-state index contributed by atoms with van der Waals surface area (Å²) in [6.45, 7) is 1.86. The molecule has 0 aromatic heterocycles. The lowest BCUT2D eigenvalue weighted by atomic mass is 10.1. The first-order valence-corrected chi connectivity index (χ1v) is 4.84. The van der Waals surface area contributed by atoms with Gasteiger partial charge in [-0.25, -0.2) is 9.18 Å². The number of hydrogen-bond acceptors (Lipinski definition) is 2. The van der Waals surface area contributed by atoms with E-state index in [1.807, 2.05) is 6.92 Å². The number of carbonyl (C=O) groups is 1. The van der Waals surface area contributed by atoms with E-state index in [9.17, 15) is 9.18 Å². The summed E-state index contributed by atoms with van der Waals surface area (Å²) in [4.78, 5) is 10.9. The zero-order valence-electron chi connectivity index (χ0n) is 8.83. The maximum atomic E-state index is 13.3. The topological polar surface area (TPSA) is 49.3 Å². The molecule has 0 amide bonds. The Morgan fingerprint density at radius 3 is 2.88 bits per heavy atom. The van der Waals surface area contributed by atoms with Crippen LogP contribution in [0.2, 0.25) is 0 Å². The standard InChI is InChI=1S/C12H12FNO2/c1-3-8(4-2)14-10-7-5-6-9(13)11(10)12(15)16/h1,5-8,14H,4H2,2H3,(H,15,16). The third-order valence-electron chi connectivity index (χ3n) is 2.17. The quantitative estimate of drug-likeness (QED) is 0.767. The summed E-state index contributed by atoms with van der Waals surface area (Å²) in [5.41, 5.74) is -0.173. The molecule has 0 aliphatic carbocycles. The zero-order valence-corrected chi connectivity index (χ0v) is 8.83. The number of nitrogens with one attached hydrogen (secondary N) is 1. The fourth-order valence-electron chi connectivity index (χ4n) is 1.31. The van der Waals surface area contributed by atoms with Crippen LogP contribution in [0.5, 0.6) is 0 Å². The van der Waals surface area contributed by atoms with E-state index in [0.717, 1.165) is 6.07 Å². The van der Waals surface area contributed by atoms with E-state index < -0.39 is 11.8 Å². The van der Waals surface area contributed by atoms with Gasteiger partial charge in [-0.1, -0.05) is 18.9 Å². The van der Waals surface area contributed by atoms with Crippen molar-refractivity contribution >= 4 is 11.7 Å². The van der Waals surface area contributed by atoms with Gasteiger partial charge in [0.05, 0.1) is 11.7 Å². The lowest BCUT2D eigenvalue weighted by Crippen LogP contribution is -2.18. The Bertz CT molecular complexity index is 437. The van der Waals surface area contributed by atoms with Gasteiger partial charge in [0, 0.05) is 0 Å². The predicted molar refractivity (Wildman–Crippen MR) is 59.9 cm³/mol. The molecule has 0 saturated carbocycles. The van der Waals surface area contributed by atoms with Crippen molar-refractivity contribution in [2.45, 2.75) is 19.4 Å². The lowest BCUT2D eigenvalue weighted by molar-refractivity contribution is 0.0693. The minimum absolute atomic E-state index is 0.206. The highest BCUT2D eigenvalue weighted by atomic mass is 19.1. The molecule has 1 atom stereocenters. The third-order valence-corrected chi connectivity index (χ3v) is 2.17. The molecular formula is C12H12FNO2. The van der Waals surface area contributed by atoms with Gasteiger partial charge in [0.15, 0.2) is 0 Å². The first kappa shape index (κ1) is 12.1. The number of rotatable bonds is 4. The zero-order chi connectivity index (χ0) is 12.1. The normalized spacial score (nSPS) is 11.6. The monoisotopic (exact) mass is 221 g/mol. The van der Waals surface area contributed by atoms with Crippen LogP contribution in [-0.4, -0.2) is 17.1 Å². The largest absolute Gasteiger partial charge is 0.478 e. The van der Waals surface area contributed by atoms with E-state index >= 15 is 0 Å². The molecule has 16 heavy (non-hydrogen) atoms. The number of carboxylic acid groups (broad SMARTS) is 1. The highest BCUT2D eigenvalue weighted by Crippen LogP contribution is 2.20. The molecule has 0 bridgehead atoms. The second-order valence-corrected chi connectivity index (χ2v) is 3.24. The van der Waals surface area contributed by atoms with Crippen LogP contribution >= 0.6 is 0 Å². The van der Waals surface area contributed by atoms with E-state index in [4.69, 9.17) is 11.5 Å². The van der Waals surface area contributed by atoms with Crippen LogP contribution in [0.25, 0.3) is 0 Å². The number of anilines is 1. The first-order chi connectivity index (χ1) is 7.60. The summed E-state index contributed by atoms with van der Waals surface area (Å²) in [6, 6.07) is 3.73. The predicted octanol–water partition coefficient (Wildman–Crippen LogP) is 2.35. The molecule has 0 heterocycles. The Labute approximate surface area is 93.3 Å². The molecule has 2 N–H and O–H groups in total. The van der Waals surface area contributed by atoms with Crippen molar-refractivity contribution in [2.24, 2.45) is 0 Å². The van der Waals surface area contributed by atoms with Crippen molar-refractivity contribution in [2.75, 3.05) is 5.32 Å². The van der Waals surface area contributed by atoms with Crippen molar-refractivity contribution < 1.29 is 14.3 Å². The van der Waals surface area contributed by atoms with Crippen LogP contribution in [0.1, 0.15) is 23.7 Å². The summed E-state index contributed by atoms with van der Waals surface area (Å²) in [7, 11) is 0. The number of hydrogen-bond donors (Lipinski definition) is 2. The Balaban J connectivity index is 3.09. The van der Waals surface area contributed by atoms with Gasteiger partial charge >= 0.3 is 5.97 Å². The molecule has 0 saturated heterocycles. The number of halogens is 1. The maximum Gasteiger partial charge on any atom is 0.340 e. The smallest absolute Gasteiger partial charge is 0.340 e. The number of terminal acetylenes is 1. The Morgan fingerprint density at radius 1 is 1.69 bits per heavy atom. The molecule has 1 unspecified atom stereocenters. The van der Waals surface area contributed by atoms with Crippen LogP contribution in [0, 0.1) is 18.2 Å². The van der Waals surface area contributed by atoms with Crippen molar-refractivity contribution in [3.63, 3.8) is 0 Å². The van der Waals surface area contributed by atoms with Gasteiger partial charge in [-0.05, 0) is 18.6 Å². The molecule has 0 spiro atoms. The van der Waals surface area contributed by atoms with Gasteiger partial charge < -0.3 is 10.4 Å². The van der Waals surface area contributed by atoms with Crippen LogP contribution in [0.15, 0.2) is 18.2 Å². The van der Waals surface area contributed by atoms with Crippen molar-refractivity contribution in [3.05, 3.63) is 29.6 Å². The number of aromatic carboxylic acids is 1. The summed E-state index contributed by atoms with van der Waals surface area (Å²) >= 11 is 0. The van der Waals surface area contributed by atoms with Gasteiger partial charge in [0.1, 0.15) is 11.4 Å². The number of carboxylic acids is 1. The van der Waals surface area contributed by atoms with E-state index in [2.05, 4.69) is 11.2 Å². The fourth-order valence-corrected chi connectivity index (χ4v) is 1.31. The molecule has 1 aromatic carbocycles. The van der Waals surface area contributed by atoms with Crippen LogP contribution in [0.4, 0.5) is 10.1 Å². The van der Waals surface area contributed by atoms with Crippen LogP contribution < -0.4 is 5.32 Å². The Morgan fingerprint density at radius 2 is 2.38 bits per heavy atom. The molecule has 0 aliphatic rings. The summed E-state index contributed by atoms with van der Waals surface area (Å²) in [5.74, 6) is 0.373. The highest BCUT2D eigenvalue weighted by molar-refractivity contribution is 5.94.